The van der Waals surface area contributed by atoms with Crippen molar-refractivity contribution in [2.45, 2.75) is 19.8 Å². The van der Waals surface area contributed by atoms with Crippen molar-refractivity contribution in [3.63, 3.8) is 0 Å². The Morgan fingerprint density at radius 2 is 2.25 bits per heavy atom. The van der Waals surface area contributed by atoms with E-state index in [0.29, 0.717) is 5.92 Å². The average Bonchev–Trinajstić information content (AvgIpc) is 3.02. The number of hydrogen-bond acceptors (Lipinski definition) is 2. The van der Waals surface area contributed by atoms with E-state index >= 15 is 0 Å². The summed E-state index contributed by atoms with van der Waals surface area (Å²) in [4.78, 5) is 17.9. The molecule has 0 bridgehead atoms. The van der Waals surface area contributed by atoms with Gasteiger partial charge in [0.2, 0.25) is 0 Å². The molecule has 2 N–H and O–H groups in total. The van der Waals surface area contributed by atoms with E-state index in [4.69, 9.17) is 5.11 Å². The second kappa shape index (κ2) is 5.29. The van der Waals surface area contributed by atoms with E-state index in [1.165, 1.54) is 0 Å². The largest absolute Gasteiger partial charge is 0.396 e. The van der Waals surface area contributed by atoms with E-state index < -0.39 is 0 Å². The third-order valence-corrected chi connectivity index (χ3v) is 4.22. The third kappa shape index (κ3) is 2.20. The summed E-state index contributed by atoms with van der Waals surface area (Å²) in [5, 5.41) is 10.0. The van der Waals surface area contributed by atoms with Gasteiger partial charge in [0.1, 0.15) is 0 Å². The van der Waals surface area contributed by atoms with Crippen molar-refractivity contribution in [1.82, 2.24) is 9.88 Å². The predicted octanol–water partition coefficient (Wildman–Crippen LogP) is 2.32. The molecule has 1 aliphatic rings. The van der Waals surface area contributed by atoms with Gasteiger partial charge in [0, 0.05) is 36.3 Å². The van der Waals surface area contributed by atoms with E-state index in [1.54, 1.807) is 0 Å². The van der Waals surface area contributed by atoms with Gasteiger partial charge in [-0.2, -0.15) is 0 Å². The number of aryl methyl sites for hydroxylation is 1. The first-order valence-electron chi connectivity index (χ1n) is 7.18. The number of aromatic nitrogens is 1. The van der Waals surface area contributed by atoms with Crippen LogP contribution in [0.4, 0.5) is 0 Å². The molecule has 1 unspecified atom stereocenters. The Morgan fingerprint density at radius 1 is 1.45 bits per heavy atom. The van der Waals surface area contributed by atoms with E-state index in [1.807, 2.05) is 36.1 Å². The summed E-state index contributed by atoms with van der Waals surface area (Å²) in [6, 6.07) is 7.93. The number of H-pyrrole nitrogens is 1. The molecule has 2 heterocycles. The Kier molecular flexibility index (Phi) is 3.49. The molecule has 1 saturated heterocycles. The summed E-state index contributed by atoms with van der Waals surface area (Å²) in [5.41, 5.74) is 2.74. The van der Waals surface area contributed by atoms with Crippen LogP contribution in [-0.4, -0.2) is 40.6 Å². The van der Waals surface area contributed by atoms with E-state index in [-0.39, 0.29) is 12.5 Å². The topological polar surface area (TPSA) is 56.3 Å². The van der Waals surface area contributed by atoms with E-state index in [0.717, 1.165) is 48.1 Å². The quantitative estimate of drug-likeness (QED) is 0.901. The molecule has 2 aromatic rings. The van der Waals surface area contributed by atoms with Gasteiger partial charge in [-0.05, 0) is 31.7 Å². The summed E-state index contributed by atoms with van der Waals surface area (Å²) >= 11 is 0. The lowest BCUT2D eigenvalue weighted by Gasteiger charge is -2.16. The molecule has 3 rings (SSSR count). The van der Waals surface area contributed by atoms with Gasteiger partial charge in [-0.3, -0.25) is 4.79 Å². The standard InChI is InChI=1S/C16H20N2O2/c1-11-15(13-4-2-3-5-14(13)17-11)16(20)18-8-6-12(10-18)7-9-19/h2-5,12,17,19H,6-10H2,1H3. The van der Waals surface area contributed by atoms with Gasteiger partial charge in [-0.1, -0.05) is 18.2 Å². The molecule has 1 aromatic carbocycles. The van der Waals surface area contributed by atoms with Gasteiger partial charge in [-0.25, -0.2) is 0 Å². The van der Waals surface area contributed by atoms with Crippen LogP contribution in [-0.2, 0) is 0 Å². The van der Waals surface area contributed by atoms with Crippen LogP contribution < -0.4 is 0 Å². The lowest BCUT2D eigenvalue weighted by atomic mass is 10.1. The smallest absolute Gasteiger partial charge is 0.256 e. The normalized spacial score (nSPS) is 18.9. The fourth-order valence-electron chi connectivity index (χ4n) is 3.15. The van der Waals surface area contributed by atoms with Gasteiger partial charge in [0.15, 0.2) is 0 Å². The van der Waals surface area contributed by atoms with Gasteiger partial charge >= 0.3 is 0 Å². The summed E-state index contributed by atoms with van der Waals surface area (Å²) in [5.74, 6) is 0.551. The number of carbonyl (C=O) groups excluding carboxylic acids is 1. The average molecular weight is 272 g/mol. The predicted molar refractivity (Wildman–Crippen MR) is 78.7 cm³/mol. The zero-order chi connectivity index (χ0) is 14.1. The van der Waals surface area contributed by atoms with Gasteiger partial charge in [0.05, 0.1) is 5.56 Å². The number of aliphatic hydroxyl groups is 1. The molecular formula is C16H20N2O2. The number of nitrogens with one attached hydrogen (secondary N) is 1. The minimum Gasteiger partial charge on any atom is -0.396 e. The Hall–Kier alpha value is -1.81. The second-order valence-corrected chi connectivity index (χ2v) is 5.59. The highest BCUT2D eigenvalue weighted by Crippen LogP contribution is 2.26. The monoisotopic (exact) mass is 272 g/mol. The first-order valence-corrected chi connectivity index (χ1v) is 7.18. The Bertz CT molecular complexity index is 632. The first kappa shape index (κ1) is 13.2. The summed E-state index contributed by atoms with van der Waals surface area (Å²) in [7, 11) is 0. The lowest BCUT2D eigenvalue weighted by Crippen LogP contribution is -2.29. The van der Waals surface area contributed by atoms with Crippen LogP contribution in [0.1, 0.15) is 28.9 Å². The Labute approximate surface area is 118 Å². The number of rotatable bonds is 3. The maximum atomic E-state index is 12.7. The van der Waals surface area contributed by atoms with Crippen LogP contribution in [0.5, 0.6) is 0 Å². The van der Waals surface area contributed by atoms with Crippen molar-refractivity contribution < 1.29 is 9.90 Å². The fourth-order valence-corrected chi connectivity index (χ4v) is 3.15. The van der Waals surface area contributed by atoms with Gasteiger partial charge < -0.3 is 15.0 Å². The maximum Gasteiger partial charge on any atom is 0.256 e. The highest BCUT2D eigenvalue weighted by atomic mass is 16.3. The molecule has 0 saturated carbocycles. The van der Waals surface area contributed by atoms with E-state index in [9.17, 15) is 4.79 Å². The Balaban J connectivity index is 1.88. The summed E-state index contributed by atoms with van der Waals surface area (Å²) in [6.45, 7) is 3.72. The fraction of sp³-hybridized carbons (Fsp3) is 0.438. The van der Waals surface area contributed by atoms with Gasteiger partial charge in [-0.15, -0.1) is 0 Å². The molecule has 1 atom stereocenters. The third-order valence-electron chi connectivity index (χ3n) is 4.22. The highest BCUT2D eigenvalue weighted by Gasteiger charge is 2.28. The number of likely N-dealkylation sites (tertiary alicyclic amines) is 1. The Morgan fingerprint density at radius 3 is 3.05 bits per heavy atom. The molecule has 1 fully saturated rings. The molecule has 1 aromatic heterocycles. The molecule has 4 heteroatoms. The molecule has 1 aliphatic heterocycles. The molecule has 1 amide bonds. The van der Waals surface area contributed by atoms with Crippen molar-refractivity contribution in [2.24, 2.45) is 5.92 Å². The van der Waals surface area contributed by atoms with E-state index in [2.05, 4.69) is 4.98 Å². The molecule has 4 nitrogen and oxygen atoms in total. The van der Waals surface area contributed by atoms with Gasteiger partial charge in [0.25, 0.3) is 5.91 Å². The van der Waals surface area contributed by atoms with Crippen molar-refractivity contribution >= 4 is 16.8 Å². The highest BCUT2D eigenvalue weighted by molar-refractivity contribution is 6.08. The first-order chi connectivity index (χ1) is 9.70. The molecule has 106 valence electrons. The van der Waals surface area contributed by atoms with Crippen molar-refractivity contribution in [1.29, 1.82) is 0 Å². The lowest BCUT2D eigenvalue weighted by molar-refractivity contribution is 0.0786. The SMILES string of the molecule is Cc1[nH]c2ccccc2c1C(=O)N1CCC(CCO)C1. The van der Waals surface area contributed by atoms with Crippen LogP contribution in [0.3, 0.4) is 0 Å². The minimum atomic E-state index is 0.111. The summed E-state index contributed by atoms with van der Waals surface area (Å²) < 4.78 is 0. The molecule has 0 spiro atoms. The number of benzene rings is 1. The van der Waals surface area contributed by atoms with Crippen molar-refractivity contribution in [2.75, 3.05) is 19.7 Å². The number of para-hydroxylation sites is 1. The molecule has 0 aliphatic carbocycles. The molecular weight excluding hydrogens is 252 g/mol. The number of amides is 1. The maximum absolute atomic E-state index is 12.7. The van der Waals surface area contributed by atoms with Crippen molar-refractivity contribution in [3.8, 4) is 0 Å². The number of hydrogen-bond donors (Lipinski definition) is 2. The van der Waals surface area contributed by atoms with Crippen LogP contribution in [0.25, 0.3) is 10.9 Å². The van der Waals surface area contributed by atoms with Crippen LogP contribution in [0, 0.1) is 12.8 Å². The number of carbonyl (C=O) groups is 1. The van der Waals surface area contributed by atoms with Crippen LogP contribution in [0.2, 0.25) is 0 Å². The zero-order valence-electron chi connectivity index (χ0n) is 11.7. The molecule has 0 radical (unpaired) electrons. The summed E-state index contributed by atoms with van der Waals surface area (Å²) in [6.07, 6.45) is 1.78. The van der Waals surface area contributed by atoms with Crippen LogP contribution in [0.15, 0.2) is 24.3 Å². The number of aromatic amines is 1. The second-order valence-electron chi connectivity index (χ2n) is 5.59. The van der Waals surface area contributed by atoms with Crippen molar-refractivity contribution in [3.05, 3.63) is 35.5 Å². The van der Waals surface area contributed by atoms with Crippen LogP contribution >= 0.6 is 0 Å². The number of fused-ring (bicyclic) bond motifs is 1. The molecule has 20 heavy (non-hydrogen) atoms. The number of nitrogens with zero attached hydrogens (tertiary/aromatic N) is 1. The number of aliphatic hydroxyl groups excluding tert-OH is 1. The minimum absolute atomic E-state index is 0.111. The zero-order valence-corrected chi connectivity index (χ0v) is 11.7.